The molecule has 0 radical (unpaired) electrons. The van der Waals surface area contributed by atoms with E-state index in [0.29, 0.717) is 0 Å². The summed E-state index contributed by atoms with van der Waals surface area (Å²) in [6.07, 6.45) is 7.90. The van der Waals surface area contributed by atoms with E-state index >= 15 is 0 Å². The van der Waals surface area contributed by atoms with Gasteiger partial charge in [-0.25, -0.2) is 0 Å². The van der Waals surface area contributed by atoms with Crippen molar-refractivity contribution in [3.05, 3.63) is 30.3 Å². The van der Waals surface area contributed by atoms with Gasteiger partial charge in [-0.2, -0.15) is 0 Å². The zero-order valence-corrected chi connectivity index (χ0v) is 13.6. The molecule has 0 bridgehead atoms. The molecule has 1 rings (SSSR count). The van der Waals surface area contributed by atoms with E-state index in [2.05, 4.69) is 51.1 Å². The number of quaternary nitrogens is 1. The average molecular weight is 281 g/mol. The number of rotatable bonds is 10. The van der Waals surface area contributed by atoms with Crippen LogP contribution in [-0.2, 0) is 0 Å². The quantitative estimate of drug-likeness (QED) is 0.578. The SMILES string of the molecule is CCCC[N+](CCCC)(CCCC)c1ccccc1.[F-]. The molecule has 1 aromatic carbocycles. The van der Waals surface area contributed by atoms with Crippen molar-refractivity contribution in [2.24, 2.45) is 0 Å². The van der Waals surface area contributed by atoms with Crippen LogP contribution >= 0.6 is 0 Å². The fraction of sp³-hybridized carbons (Fsp3) is 0.667. The minimum absolute atomic E-state index is 0. The highest BCUT2D eigenvalue weighted by Crippen LogP contribution is 2.26. The van der Waals surface area contributed by atoms with E-state index in [1.54, 1.807) is 0 Å². The Morgan fingerprint density at radius 2 is 1.10 bits per heavy atom. The second-order valence-corrected chi connectivity index (χ2v) is 5.71. The van der Waals surface area contributed by atoms with Gasteiger partial charge in [0.2, 0.25) is 0 Å². The Bertz CT molecular complexity index is 302. The molecule has 116 valence electrons. The predicted molar refractivity (Wildman–Crippen MR) is 87.6 cm³/mol. The van der Waals surface area contributed by atoms with E-state index < -0.39 is 0 Å². The van der Waals surface area contributed by atoms with Crippen LogP contribution in [0.5, 0.6) is 0 Å². The van der Waals surface area contributed by atoms with Gasteiger partial charge in [-0.15, -0.1) is 0 Å². The van der Waals surface area contributed by atoms with E-state index in [9.17, 15) is 0 Å². The van der Waals surface area contributed by atoms with Crippen molar-refractivity contribution in [1.82, 2.24) is 4.48 Å². The first-order chi connectivity index (χ1) is 9.29. The molecule has 1 nitrogen and oxygen atoms in total. The molecule has 0 fully saturated rings. The van der Waals surface area contributed by atoms with Gasteiger partial charge in [0.1, 0.15) is 5.69 Å². The molecular weight excluding hydrogens is 249 g/mol. The standard InChI is InChI=1S/C18H32N.FH/c1-4-7-15-19(16-8-5-2,17-9-6-3)18-13-11-10-12-14-18;/h10-14H,4-9,15-17H2,1-3H3;1H/q+1;/p-1. The molecule has 0 N–H and O–H groups in total. The molecule has 0 amide bonds. The van der Waals surface area contributed by atoms with Gasteiger partial charge in [-0.3, -0.25) is 4.48 Å². The minimum atomic E-state index is 0. The van der Waals surface area contributed by atoms with E-state index in [4.69, 9.17) is 0 Å². The number of hydrogen-bond acceptors (Lipinski definition) is 0. The monoisotopic (exact) mass is 281 g/mol. The smallest absolute Gasteiger partial charge is 0.132 e. The zero-order valence-electron chi connectivity index (χ0n) is 13.6. The van der Waals surface area contributed by atoms with Crippen LogP contribution in [0, 0.1) is 0 Å². The summed E-state index contributed by atoms with van der Waals surface area (Å²) in [5.74, 6) is 0. The van der Waals surface area contributed by atoms with E-state index in [0.717, 1.165) is 0 Å². The van der Waals surface area contributed by atoms with Crippen molar-refractivity contribution in [2.45, 2.75) is 59.3 Å². The van der Waals surface area contributed by atoms with Crippen LogP contribution in [0.3, 0.4) is 0 Å². The molecule has 0 unspecified atom stereocenters. The summed E-state index contributed by atoms with van der Waals surface area (Å²) in [5, 5.41) is 0. The molecule has 0 aliphatic carbocycles. The Labute approximate surface area is 125 Å². The molecule has 2 heteroatoms. The molecule has 0 atom stereocenters. The summed E-state index contributed by atoms with van der Waals surface area (Å²) < 4.78 is 1.20. The van der Waals surface area contributed by atoms with Gasteiger partial charge in [-0.1, -0.05) is 58.2 Å². The summed E-state index contributed by atoms with van der Waals surface area (Å²) in [6, 6.07) is 11.2. The summed E-state index contributed by atoms with van der Waals surface area (Å²) in [5.41, 5.74) is 1.53. The summed E-state index contributed by atoms with van der Waals surface area (Å²) >= 11 is 0. The Balaban J connectivity index is 0.00000361. The Kier molecular flexibility index (Phi) is 10.4. The van der Waals surface area contributed by atoms with Crippen molar-refractivity contribution < 1.29 is 4.70 Å². The van der Waals surface area contributed by atoms with Crippen molar-refractivity contribution >= 4 is 5.69 Å². The first-order valence-corrected chi connectivity index (χ1v) is 8.20. The predicted octanol–water partition coefficient (Wildman–Crippen LogP) is 2.40. The summed E-state index contributed by atoms with van der Waals surface area (Å²) in [4.78, 5) is 0. The second kappa shape index (κ2) is 10.8. The van der Waals surface area contributed by atoms with Crippen LogP contribution in [-0.4, -0.2) is 19.6 Å². The number of para-hydroxylation sites is 1. The van der Waals surface area contributed by atoms with Crippen molar-refractivity contribution in [1.29, 1.82) is 0 Å². The van der Waals surface area contributed by atoms with Gasteiger partial charge in [0, 0.05) is 0 Å². The van der Waals surface area contributed by atoms with Crippen LogP contribution in [0.1, 0.15) is 59.3 Å². The molecule has 0 saturated carbocycles. The lowest BCUT2D eigenvalue weighted by atomic mass is 10.1. The van der Waals surface area contributed by atoms with Crippen LogP contribution in [0.25, 0.3) is 0 Å². The van der Waals surface area contributed by atoms with Gasteiger partial charge >= 0.3 is 0 Å². The van der Waals surface area contributed by atoms with Crippen molar-refractivity contribution in [3.8, 4) is 0 Å². The van der Waals surface area contributed by atoms with E-state index in [-0.39, 0.29) is 4.70 Å². The van der Waals surface area contributed by atoms with Gasteiger partial charge in [-0.05, 0) is 31.4 Å². The molecule has 0 saturated heterocycles. The lowest BCUT2D eigenvalue weighted by Gasteiger charge is -2.38. The van der Waals surface area contributed by atoms with Gasteiger partial charge in [0.15, 0.2) is 0 Å². The molecule has 0 aromatic heterocycles. The van der Waals surface area contributed by atoms with Crippen LogP contribution < -0.4 is 9.19 Å². The summed E-state index contributed by atoms with van der Waals surface area (Å²) in [7, 11) is 0. The van der Waals surface area contributed by atoms with Gasteiger partial charge in [0.25, 0.3) is 0 Å². The highest BCUT2D eigenvalue weighted by atomic mass is 19.0. The maximum atomic E-state index is 2.33. The van der Waals surface area contributed by atoms with Gasteiger partial charge < -0.3 is 4.70 Å². The topological polar surface area (TPSA) is 0 Å². The highest BCUT2D eigenvalue weighted by Gasteiger charge is 2.28. The first-order valence-electron chi connectivity index (χ1n) is 8.20. The van der Waals surface area contributed by atoms with Crippen molar-refractivity contribution in [2.75, 3.05) is 19.6 Å². The number of unbranched alkanes of at least 4 members (excludes halogenated alkanes) is 3. The van der Waals surface area contributed by atoms with Gasteiger partial charge in [0.05, 0.1) is 19.6 Å². The van der Waals surface area contributed by atoms with Crippen molar-refractivity contribution in [3.63, 3.8) is 0 Å². The molecule has 0 heterocycles. The maximum absolute atomic E-state index is 2.33. The largest absolute Gasteiger partial charge is 1.00 e. The third-order valence-corrected chi connectivity index (χ3v) is 4.12. The maximum Gasteiger partial charge on any atom is 0.132 e. The van der Waals surface area contributed by atoms with Crippen LogP contribution in [0.4, 0.5) is 5.69 Å². The Morgan fingerprint density at radius 3 is 1.45 bits per heavy atom. The first kappa shape index (κ1) is 19.1. The summed E-state index contributed by atoms with van der Waals surface area (Å²) in [6.45, 7) is 10.8. The Morgan fingerprint density at radius 1 is 0.700 bits per heavy atom. The lowest BCUT2D eigenvalue weighted by molar-refractivity contribution is -0.00000419. The lowest BCUT2D eigenvalue weighted by Crippen LogP contribution is -3.00. The number of halogens is 1. The third kappa shape index (κ3) is 5.62. The van der Waals surface area contributed by atoms with E-state index in [1.165, 1.54) is 68.3 Å². The fourth-order valence-electron chi connectivity index (χ4n) is 2.85. The number of nitrogens with zero attached hydrogens (tertiary/aromatic N) is 1. The molecular formula is C18H32FN. The highest BCUT2D eigenvalue weighted by molar-refractivity contribution is 5.42. The number of benzene rings is 1. The minimum Gasteiger partial charge on any atom is -1.00 e. The number of hydrogen-bond donors (Lipinski definition) is 0. The third-order valence-electron chi connectivity index (χ3n) is 4.12. The molecule has 0 aliphatic heterocycles. The molecule has 0 spiro atoms. The second-order valence-electron chi connectivity index (χ2n) is 5.71. The van der Waals surface area contributed by atoms with Crippen LogP contribution in [0.15, 0.2) is 30.3 Å². The zero-order chi connectivity index (χ0) is 14.0. The van der Waals surface area contributed by atoms with Crippen LogP contribution in [0.2, 0.25) is 0 Å². The molecule has 1 aromatic rings. The average Bonchev–Trinajstić information content (AvgIpc) is 2.48. The molecule has 20 heavy (non-hydrogen) atoms. The fourth-order valence-corrected chi connectivity index (χ4v) is 2.85. The Hall–Kier alpha value is -0.890. The van der Waals surface area contributed by atoms with E-state index in [1.807, 2.05) is 0 Å². The normalized spacial score (nSPS) is 11.2. The molecule has 0 aliphatic rings.